The average molecular weight is 375 g/mol. The Morgan fingerprint density at radius 3 is 2.63 bits per heavy atom. The van der Waals surface area contributed by atoms with Crippen molar-refractivity contribution < 1.29 is 14.4 Å². The van der Waals surface area contributed by atoms with E-state index in [-0.39, 0.29) is 11.9 Å². The summed E-state index contributed by atoms with van der Waals surface area (Å²) in [5, 5.41) is 3.36. The van der Waals surface area contributed by atoms with E-state index in [1.54, 1.807) is 7.11 Å². The summed E-state index contributed by atoms with van der Waals surface area (Å²) in [5.74, 6) is 2.43. The molecule has 2 aliphatic rings. The Balaban J connectivity index is 1.53. The highest BCUT2D eigenvalue weighted by Crippen LogP contribution is 2.29. The second-order valence-electron chi connectivity index (χ2n) is 8.42. The first-order valence-electron chi connectivity index (χ1n) is 10.5. The molecule has 4 atom stereocenters. The van der Waals surface area contributed by atoms with Gasteiger partial charge >= 0.3 is 0 Å². The molecule has 1 amide bonds. The molecule has 1 aliphatic carbocycles. The molecule has 2 N–H and O–H groups in total. The quantitative estimate of drug-likeness (QED) is 0.825. The summed E-state index contributed by atoms with van der Waals surface area (Å²) in [6.07, 6.45) is 3.65. The van der Waals surface area contributed by atoms with Crippen LogP contribution in [0.5, 0.6) is 5.75 Å². The van der Waals surface area contributed by atoms with E-state index in [2.05, 4.69) is 43.1 Å². The lowest BCUT2D eigenvalue weighted by Crippen LogP contribution is -3.19. The van der Waals surface area contributed by atoms with Crippen LogP contribution in [0.15, 0.2) is 24.3 Å². The van der Waals surface area contributed by atoms with Gasteiger partial charge in [-0.2, -0.15) is 0 Å². The molecule has 27 heavy (non-hydrogen) atoms. The Bertz CT molecular complexity index is 628. The molecular formula is C22H36N3O2+. The topological polar surface area (TPSA) is 46.0 Å². The van der Waals surface area contributed by atoms with Crippen LogP contribution in [-0.4, -0.2) is 51.3 Å². The molecule has 1 aromatic rings. The summed E-state index contributed by atoms with van der Waals surface area (Å²) < 4.78 is 5.50. The van der Waals surface area contributed by atoms with Crippen LogP contribution in [0.3, 0.4) is 0 Å². The number of quaternary nitrogens is 1. The summed E-state index contributed by atoms with van der Waals surface area (Å²) in [7, 11) is 1.72. The van der Waals surface area contributed by atoms with E-state index in [1.807, 2.05) is 12.1 Å². The maximum Gasteiger partial charge on any atom is 0.278 e. The number of ether oxygens (including phenoxy) is 1. The number of hydrogen-bond donors (Lipinski definition) is 2. The van der Waals surface area contributed by atoms with Gasteiger partial charge in [-0.3, -0.25) is 4.79 Å². The molecule has 0 spiro atoms. The van der Waals surface area contributed by atoms with Crippen molar-refractivity contribution in [3.8, 4) is 5.75 Å². The monoisotopic (exact) mass is 374 g/mol. The maximum absolute atomic E-state index is 12.8. The van der Waals surface area contributed by atoms with Gasteiger partial charge in [0.15, 0.2) is 6.04 Å². The van der Waals surface area contributed by atoms with Crippen LogP contribution < -0.4 is 19.9 Å². The molecule has 0 aromatic heterocycles. The number of para-hydroxylation sites is 2. The first kappa shape index (κ1) is 20.0. The van der Waals surface area contributed by atoms with E-state index in [4.69, 9.17) is 4.74 Å². The fourth-order valence-electron chi connectivity index (χ4n) is 4.64. The Kier molecular flexibility index (Phi) is 6.64. The number of methoxy groups -OCH3 is 1. The van der Waals surface area contributed by atoms with Gasteiger partial charge < -0.3 is 19.9 Å². The molecule has 3 rings (SSSR count). The Hall–Kier alpha value is -1.75. The summed E-state index contributed by atoms with van der Waals surface area (Å²) in [4.78, 5) is 16.6. The number of carbonyl (C=O) groups is 1. The second-order valence-corrected chi connectivity index (χ2v) is 8.42. The molecule has 1 aliphatic heterocycles. The minimum Gasteiger partial charge on any atom is -0.495 e. The third-order valence-electron chi connectivity index (χ3n) is 6.87. The van der Waals surface area contributed by atoms with Gasteiger partial charge in [0.25, 0.3) is 5.91 Å². The van der Waals surface area contributed by atoms with E-state index >= 15 is 0 Å². The maximum atomic E-state index is 12.8. The highest BCUT2D eigenvalue weighted by atomic mass is 16.5. The molecule has 1 saturated carbocycles. The second kappa shape index (κ2) is 8.96. The van der Waals surface area contributed by atoms with Crippen LogP contribution in [0.1, 0.15) is 40.0 Å². The zero-order valence-electron chi connectivity index (χ0n) is 17.3. The van der Waals surface area contributed by atoms with Gasteiger partial charge in [0, 0.05) is 6.04 Å². The SMILES string of the molecule is COc1ccccc1N1CC[NH+]([C@H](C)C(=O)N[C@H]2CCC[C@@H](C)[C@H]2C)CC1. The van der Waals surface area contributed by atoms with Crippen LogP contribution in [0.2, 0.25) is 0 Å². The van der Waals surface area contributed by atoms with Crippen molar-refractivity contribution in [3.63, 3.8) is 0 Å². The zero-order chi connectivity index (χ0) is 19.4. The van der Waals surface area contributed by atoms with Crippen molar-refractivity contribution >= 4 is 11.6 Å². The summed E-state index contributed by atoms with van der Waals surface area (Å²) in [5.41, 5.74) is 1.15. The summed E-state index contributed by atoms with van der Waals surface area (Å²) in [6, 6.07) is 8.54. The number of benzene rings is 1. The lowest BCUT2D eigenvalue weighted by Gasteiger charge is -2.38. The van der Waals surface area contributed by atoms with Crippen molar-refractivity contribution in [2.75, 3.05) is 38.2 Å². The van der Waals surface area contributed by atoms with Crippen molar-refractivity contribution in [2.45, 2.75) is 52.1 Å². The van der Waals surface area contributed by atoms with Crippen molar-refractivity contribution in [3.05, 3.63) is 24.3 Å². The van der Waals surface area contributed by atoms with Crippen LogP contribution in [0, 0.1) is 11.8 Å². The molecular weight excluding hydrogens is 338 g/mol. The molecule has 150 valence electrons. The largest absolute Gasteiger partial charge is 0.495 e. The molecule has 1 saturated heterocycles. The minimum absolute atomic E-state index is 0.00857. The molecule has 0 unspecified atom stereocenters. The number of carbonyl (C=O) groups excluding carboxylic acids is 1. The third-order valence-corrected chi connectivity index (χ3v) is 6.87. The highest BCUT2D eigenvalue weighted by Gasteiger charge is 2.33. The number of hydrogen-bond acceptors (Lipinski definition) is 3. The van der Waals surface area contributed by atoms with Gasteiger partial charge in [-0.25, -0.2) is 0 Å². The summed E-state index contributed by atoms with van der Waals surface area (Å²) >= 11 is 0. The van der Waals surface area contributed by atoms with E-state index in [0.29, 0.717) is 17.9 Å². The predicted octanol–water partition coefficient (Wildman–Crippen LogP) is 1.73. The zero-order valence-corrected chi connectivity index (χ0v) is 17.3. The van der Waals surface area contributed by atoms with E-state index < -0.39 is 0 Å². The first-order chi connectivity index (χ1) is 13.0. The van der Waals surface area contributed by atoms with Crippen molar-refractivity contribution in [2.24, 2.45) is 11.8 Å². The Labute approximate surface area is 164 Å². The molecule has 0 bridgehead atoms. The van der Waals surface area contributed by atoms with E-state index in [1.165, 1.54) is 17.7 Å². The van der Waals surface area contributed by atoms with Crippen LogP contribution in [-0.2, 0) is 4.79 Å². The van der Waals surface area contributed by atoms with Crippen molar-refractivity contribution in [1.29, 1.82) is 0 Å². The highest BCUT2D eigenvalue weighted by molar-refractivity contribution is 5.80. The number of piperazine rings is 1. The fraction of sp³-hybridized carbons (Fsp3) is 0.682. The summed E-state index contributed by atoms with van der Waals surface area (Å²) in [6.45, 7) is 10.5. The number of nitrogens with one attached hydrogen (secondary N) is 2. The van der Waals surface area contributed by atoms with Crippen molar-refractivity contribution in [1.82, 2.24) is 5.32 Å². The number of nitrogens with zero attached hydrogens (tertiary/aromatic N) is 1. The lowest BCUT2D eigenvalue weighted by atomic mass is 9.78. The van der Waals surface area contributed by atoms with Gasteiger partial charge in [0.2, 0.25) is 0 Å². The fourth-order valence-corrected chi connectivity index (χ4v) is 4.64. The minimum atomic E-state index is 0.00857. The van der Waals surface area contributed by atoms with Gasteiger partial charge in [-0.15, -0.1) is 0 Å². The van der Waals surface area contributed by atoms with Gasteiger partial charge in [0.05, 0.1) is 39.0 Å². The number of rotatable bonds is 5. The van der Waals surface area contributed by atoms with E-state index in [9.17, 15) is 4.79 Å². The Morgan fingerprint density at radius 1 is 1.22 bits per heavy atom. The van der Waals surface area contributed by atoms with Crippen LogP contribution in [0.4, 0.5) is 5.69 Å². The number of anilines is 1. The molecule has 2 fully saturated rings. The van der Waals surface area contributed by atoms with Crippen LogP contribution in [0.25, 0.3) is 0 Å². The van der Waals surface area contributed by atoms with Gasteiger partial charge in [-0.05, 0) is 37.3 Å². The molecule has 1 heterocycles. The average Bonchev–Trinajstić information content (AvgIpc) is 2.71. The lowest BCUT2D eigenvalue weighted by molar-refractivity contribution is -0.914. The Morgan fingerprint density at radius 2 is 1.93 bits per heavy atom. The molecule has 5 heteroatoms. The predicted molar refractivity (Wildman–Crippen MR) is 109 cm³/mol. The standard InChI is InChI=1S/C22H35N3O2/c1-16-8-7-9-19(17(16)2)23-22(26)18(3)24-12-14-25(15-13-24)20-10-5-6-11-21(20)27-4/h5-6,10-11,16-19H,7-9,12-15H2,1-4H3,(H,23,26)/p+1/t16-,17-,18-,19+/m1/s1. The molecule has 5 nitrogen and oxygen atoms in total. The molecule has 0 radical (unpaired) electrons. The number of amides is 1. The van der Waals surface area contributed by atoms with E-state index in [0.717, 1.165) is 44.0 Å². The first-order valence-corrected chi connectivity index (χ1v) is 10.5. The molecule has 1 aromatic carbocycles. The normalized spacial score (nSPS) is 27.9. The van der Waals surface area contributed by atoms with Gasteiger partial charge in [0.1, 0.15) is 5.75 Å². The smallest absolute Gasteiger partial charge is 0.278 e. The van der Waals surface area contributed by atoms with Gasteiger partial charge in [-0.1, -0.05) is 38.8 Å². The van der Waals surface area contributed by atoms with Crippen LogP contribution >= 0.6 is 0 Å². The third kappa shape index (κ3) is 4.57.